The van der Waals surface area contributed by atoms with E-state index in [0.29, 0.717) is 17.9 Å². The Bertz CT molecular complexity index is 943. The van der Waals surface area contributed by atoms with Gasteiger partial charge in [-0.3, -0.25) is 9.59 Å². The Labute approximate surface area is 149 Å². The zero-order valence-corrected chi connectivity index (χ0v) is 14.9. The number of hydrogen-bond donors (Lipinski definition) is 1. The van der Waals surface area contributed by atoms with Crippen LogP contribution in [0.4, 0.5) is 0 Å². The molecule has 3 saturated carbocycles. The third-order valence-electron chi connectivity index (χ3n) is 5.92. The molecule has 5 heteroatoms. The van der Waals surface area contributed by atoms with E-state index in [-0.39, 0.29) is 34.7 Å². The molecule has 0 aliphatic heterocycles. The van der Waals surface area contributed by atoms with Gasteiger partial charge < -0.3 is 5.11 Å². The van der Waals surface area contributed by atoms with Gasteiger partial charge in [0.05, 0.1) is 15.2 Å². The summed E-state index contributed by atoms with van der Waals surface area (Å²) >= 11 is 1.71. The Morgan fingerprint density at radius 3 is 2.36 bits per heavy atom. The van der Waals surface area contributed by atoms with Crippen molar-refractivity contribution in [1.82, 2.24) is 4.98 Å². The van der Waals surface area contributed by atoms with Crippen molar-refractivity contribution in [2.45, 2.75) is 44.9 Å². The second-order valence-electron chi connectivity index (χ2n) is 7.57. The molecule has 2 atom stereocenters. The molecule has 1 aromatic carbocycles. The molecular weight excluding hydrogens is 334 g/mol. The number of nitrogens with zero attached hydrogens (tertiary/aromatic N) is 1. The molecule has 0 radical (unpaired) electrons. The molecule has 1 heterocycles. The van der Waals surface area contributed by atoms with Crippen molar-refractivity contribution in [1.29, 1.82) is 0 Å². The molecule has 0 spiro atoms. The summed E-state index contributed by atoms with van der Waals surface area (Å²) in [7, 11) is 0. The van der Waals surface area contributed by atoms with Gasteiger partial charge in [-0.25, -0.2) is 4.98 Å². The van der Waals surface area contributed by atoms with Crippen molar-refractivity contribution in [3.05, 3.63) is 33.8 Å². The topological polar surface area (TPSA) is 67.3 Å². The number of aliphatic hydroxyl groups is 1. The van der Waals surface area contributed by atoms with Crippen LogP contribution in [-0.4, -0.2) is 21.7 Å². The van der Waals surface area contributed by atoms with Crippen molar-refractivity contribution in [3.63, 3.8) is 0 Å². The van der Waals surface area contributed by atoms with E-state index in [2.05, 4.69) is 0 Å². The lowest BCUT2D eigenvalue weighted by molar-refractivity contribution is -0.127. The predicted octanol–water partition coefficient (Wildman–Crippen LogP) is 4.32. The maximum atomic E-state index is 12.6. The van der Waals surface area contributed by atoms with Gasteiger partial charge in [0.2, 0.25) is 0 Å². The Morgan fingerprint density at radius 2 is 1.72 bits per heavy atom. The number of allylic oxidation sites excluding steroid dienone is 1. The van der Waals surface area contributed by atoms with Gasteiger partial charge in [-0.05, 0) is 56.7 Å². The first-order valence-electron chi connectivity index (χ1n) is 8.96. The molecule has 1 aromatic heterocycles. The summed E-state index contributed by atoms with van der Waals surface area (Å²) in [5, 5.41) is 12.0. The molecule has 2 aromatic rings. The summed E-state index contributed by atoms with van der Waals surface area (Å²) in [5.41, 5.74) is 2.33. The third kappa shape index (κ3) is 2.21. The molecule has 25 heavy (non-hydrogen) atoms. The van der Waals surface area contributed by atoms with Crippen LogP contribution in [0.2, 0.25) is 0 Å². The van der Waals surface area contributed by atoms with Gasteiger partial charge in [0.1, 0.15) is 11.3 Å². The van der Waals surface area contributed by atoms with Crippen LogP contribution in [0.1, 0.15) is 54.2 Å². The molecule has 4 nitrogen and oxygen atoms in total. The fourth-order valence-corrected chi connectivity index (χ4v) is 5.46. The zero-order chi connectivity index (χ0) is 17.3. The summed E-state index contributed by atoms with van der Waals surface area (Å²) in [6, 6.07) is 3.77. The van der Waals surface area contributed by atoms with Crippen molar-refractivity contribution >= 4 is 38.9 Å². The number of carbonyl (C=O) groups excluding carboxylic acids is 2. The molecule has 128 valence electrons. The summed E-state index contributed by atoms with van der Waals surface area (Å²) in [6.07, 6.45) is 4.59. The fourth-order valence-electron chi connectivity index (χ4n) is 4.26. The standard InChI is InChI=1S/C20H19NO3S/c1-9-13(6-7-14-16(9)21-20(25-14)10-2-3-10)19(24)15-17(22)11-4-5-12(8-11)18(15)23/h6-7,10-12,24H,2-5,8H2,1H3. The largest absolute Gasteiger partial charge is 0.506 e. The lowest BCUT2D eigenvalue weighted by Crippen LogP contribution is -2.30. The van der Waals surface area contributed by atoms with Crippen LogP contribution < -0.4 is 0 Å². The predicted molar refractivity (Wildman–Crippen MR) is 96.7 cm³/mol. The molecule has 0 amide bonds. The van der Waals surface area contributed by atoms with E-state index < -0.39 is 0 Å². The summed E-state index contributed by atoms with van der Waals surface area (Å²) in [6.45, 7) is 1.91. The normalized spacial score (nSPS) is 25.9. The number of rotatable bonds is 2. The average molecular weight is 353 g/mol. The lowest BCUT2D eigenvalue weighted by Gasteiger charge is -2.21. The first kappa shape index (κ1) is 15.3. The Hall–Kier alpha value is -2.01. The summed E-state index contributed by atoms with van der Waals surface area (Å²) in [5.74, 6) is -0.0917. The summed E-state index contributed by atoms with van der Waals surface area (Å²) in [4.78, 5) is 30.0. The van der Waals surface area contributed by atoms with Gasteiger partial charge in [0.25, 0.3) is 0 Å². The third-order valence-corrected chi connectivity index (χ3v) is 7.10. The van der Waals surface area contributed by atoms with Crippen LogP contribution in [0.25, 0.3) is 16.0 Å². The van der Waals surface area contributed by atoms with Crippen LogP contribution in [-0.2, 0) is 9.59 Å². The molecular formula is C20H19NO3S. The molecule has 2 unspecified atom stereocenters. The number of aryl methyl sites for hydroxylation is 1. The molecule has 0 saturated heterocycles. The van der Waals surface area contributed by atoms with Crippen molar-refractivity contribution in [3.8, 4) is 0 Å². The number of benzene rings is 1. The van der Waals surface area contributed by atoms with Crippen LogP contribution >= 0.6 is 11.3 Å². The smallest absolute Gasteiger partial charge is 0.173 e. The van der Waals surface area contributed by atoms with Crippen molar-refractivity contribution in [2.24, 2.45) is 11.8 Å². The molecule has 2 bridgehead atoms. The van der Waals surface area contributed by atoms with Crippen LogP contribution in [0.5, 0.6) is 0 Å². The van der Waals surface area contributed by atoms with E-state index in [1.54, 1.807) is 11.3 Å². The van der Waals surface area contributed by atoms with E-state index in [4.69, 9.17) is 4.98 Å². The second-order valence-corrected chi connectivity index (χ2v) is 8.63. The van der Waals surface area contributed by atoms with E-state index in [1.807, 2.05) is 19.1 Å². The van der Waals surface area contributed by atoms with Crippen LogP contribution in [0, 0.1) is 18.8 Å². The van der Waals surface area contributed by atoms with Crippen LogP contribution in [0.3, 0.4) is 0 Å². The van der Waals surface area contributed by atoms with E-state index in [9.17, 15) is 14.7 Å². The Balaban J connectivity index is 1.65. The fraction of sp³-hybridized carbons (Fsp3) is 0.450. The molecule has 5 rings (SSSR count). The summed E-state index contributed by atoms with van der Waals surface area (Å²) < 4.78 is 1.10. The van der Waals surface area contributed by atoms with E-state index in [1.165, 1.54) is 12.8 Å². The minimum absolute atomic E-state index is 0.0267. The maximum Gasteiger partial charge on any atom is 0.173 e. The highest BCUT2D eigenvalue weighted by Crippen LogP contribution is 2.45. The molecule has 1 N–H and O–H groups in total. The van der Waals surface area contributed by atoms with Crippen LogP contribution in [0.15, 0.2) is 17.7 Å². The number of carbonyl (C=O) groups is 2. The van der Waals surface area contributed by atoms with E-state index >= 15 is 0 Å². The number of hydrogen-bond acceptors (Lipinski definition) is 5. The zero-order valence-electron chi connectivity index (χ0n) is 14.0. The van der Waals surface area contributed by atoms with Gasteiger partial charge in [-0.1, -0.05) is 0 Å². The number of fused-ring (bicyclic) bond motifs is 3. The lowest BCUT2D eigenvalue weighted by atomic mass is 9.81. The first-order chi connectivity index (χ1) is 12.0. The number of aliphatic hydroxyl groups excluding tert-OH is 1. The minimum Gasteiger partial charge on any atom is -0.506 e. The van der Waals surface area contributed by atoms with Gasteiger partial charge >= 0.3 is 0 Å². The maximum absolute atomic E-state index is 12.6. The number of ketones is 2. The minimum atomic E-state index is -0.173. The van der Waals surface area contributed by atoms with Crippen molar-refractivity contribution < 1.29 is 14.7 Å². The highest BCUT2D eigenvalue weighted by molar-refractivity contribution is 7.18. The van der Waals surface area contributed by atoms with Gasteiger partial charge in [-0.2, -0.15) is 0 Å². The molecule has 3 aliphatic rings. The monoisotopic (exact) mass is 353 g/mol. The second kappa shape index (κ2) is 5.24. The number of aromatic nitrogens is 1. The molecule has 3 fully saturated rings. The van der Waals surface area contributed by atoms with Gasteiger partial charge in [0.15, 0.2) is 11.6 Å². The SMILES string of the molecule is Cc1c(C(O)=C2C(=O)C3CCC(C3)C2=O)ccc2sc(C3CC3)nc12. The van der Waals surface area contributed by atoms with Gasteiger partial charge in [-0.15, -0.1) is 11.3 Å². The highest BCUT2D eigenvalue weighted by Gasteiger charge is 2.45. The Morgan fingerprint density at radius 1 is 1.08 bits per heavy atom. The average Bonchev–Trinajstić information content (AvgIpc) is 3.19. The molecule has 3 aliphatic carbocycles. The van der Waals surface area contributed by atoms with E-state index in [0.717, 1.165) is 33.6 Å². The first-order valence-corrected chi connectivity index (χ1v) is 9.78. The van der Waals surface area contributed by atoms with Crippen molar-refractivity contribution in [2.75, 3.05) is 0 Å². The van der Waals surface area contributed by atoms with Gasteiger partial charge in [0, 0.05) is 23.3 Å². The number of thiazole rings is 1. The highest BCUT2D eigenvalue weighted by atomic mass is 32.1. The number of Topliss-reactive ketones (excluding diaryl/α,β-unsaturated/α-hetero) is 2. The quantitative estimate of drug-likeness (QED) is 0.496. The Kier molecular flexibility index (Phi) is 3.20.